The molecule has 0 radical (unpaired) electrons. The minimum absolute atomic E-state index is 0.128. The van der Waals surface area contributed by atoms with Gasteiger partial charge in [-0.2, -0.15) is 0 Å². The zero-order valence-electron chi connectivity index (χ0n) is 16.1. The van der Waals surface area contributed by atoms with Gasteiger partial charge >= 0.3 is 0 Å². The summed E-state index contributed by atoms with van der Waals surface area (Å²) in [6.45, 7) is 3.68. The third kappa shape index (κ3) is 2.77. The van der Waals surface area contributed by atoms with Crippen LogP contribution in [0, 0.1) is 12.8 Å². The first-order valence-electron chi connectivity index (χ1n) is 10.1. The SMILES string of the molecule is Cc1ccccc1[C@H](O)c1ccc2c(c1)C1(OCCCO1)C(=O)N2CC1CC1. The topological polar surface area (TPSA) is 59.0 Å². The summed E-state index contributed by atoms with van der Waals surface area (Å²) in [5.41, 5.74) is 4.21. The van der Waals surface area contributed by atoms with Crippen molar-refractivity contribution in [2.45, 2.75) is 38.1 Å². The molecular weight excluding hydrogens is 354 g/mol. The Kier molecular flexibility index (Phi) is 4.27. The van der Waals surface area contributed by atoms with E-state index in [4.69, 9.17) is 9.47 Å². The summed E-state index contributed by atoms with van der Waals surface area (Å²) in [5, 5.41) is 11.0. The van der Waals surface area contributed by atoms with Gasteiger partial charge in [-0.15, -0.1) is 0 Å². The van der Waals surface area contributed by atoms with Crippen LogP contribution in [0.4, 0.5) is 5.69 Å². The van der Waals surface area contributed by atoms with E-state index in [-0.39, 0.29) is 5.91 Å². The van der Waals surface area contributed by atoms with Crippen molar-refractivity contribution in [2.75, 3.05) is 24.7 Å². The Morgan fingerprint density at radius 1 is 1.18 bits per heavy atom. The van der Waals surface area contributed by atoms with Crippen molar-refractivity contribution in [2.24, 2.45) is 5.92 Å². The molecular formula is C23H25NO4. The Hall–Kier alpha value is -2.21. The van der Waals surface area contributed by atoms with Gasteiger partial charge in [-0.25, -0.2) is 0 Å². The molecule has 1 N–H and O–H groups in total. The summed E-state index contributed by atoms with van der Waals surface area (Å²) < 4.78 is 11.9. The maximum atomic E-state index is 13.3. The van der Waals surface area contributed by atoms with Crippen LogP contribution < -0.4 is 4.90 Å². The van der Waals surface area contributed by atoms with E-state index in [2.05, 4.69) is 0 Å². The number of aliphatic hydroxyl groups is 1. The summed E-state index contributed by atoms with van der Waals surface area (Å²) >= 11 is 0. The van der Waals surface area contributed by atoms with E-state index in [1.54, 1.807) is 0 Å². The van der Waals surface area contributed by atoms with Crippen LogP contribution in [-0.4, -0.2) is 30.8 Å². The van der Waals surface area contributed by atoms with Crippen LogP contribution in [0.1, 0.15) is 47.6 Å². The number of rotatable bonds is 4. The van der Waals surface area contributed by atoms with Gasteiger partial charge in [0.25, 0.3) is 11.7 Å². The molecule has 28 heavy (non-hydrogen) atoms. The van der Waals surface area contributed by atoms with Gasteiger partial charge in [-0.05, 0) is 60.9 Å². The van der Waals surface area contributed by atoms with Crippen molar-refractivity contribution in [3.63, 3.8) is 0 Å². The van der Waals surface area contributed by atoms with Crippen molar-refractivity contribution in [3.05, 3.63) is 64.7 Å². The number of hydrogen-bond donors (Lipinski definition) is 1. The summed E-state index contributed by atoms with van der Waals surface area (Å²) in [7, 11) is 0. The minimum atomic E-state index is -1.36. The van der Waals surface area contributed by atoms with Crippen LogP contribution in [0.3, 0.4) is 0 Å². The Labute approximate surface area is 164 Å². The Balaban J connectivity index is 1.58. The molecule has 3 aliphatic rings. The number of aryl methyl sites for hydroxylation is 1. The summed E-state index contributed by atoms with van der Waals surface area (Å²) in [6, 6.07) is 13.5. The van der Waals surface area contributed by atoms with Crippen molar-refractivity contribution in [3.8, 4) is 0 Å². The number of carbonyl (C=O) groups excluding carboxylic acids is 1. The lowest BCUT2D eigenvalue weighted by molar-refractivity contribution is -0.256. The fourth-order valence-electron chi connectivity index (χ4n) is 4.25. The molecule has 1 saturated carbocycles. The van der Waals surface area contributed by atoms with Crippen LogP contribution in [0.2, 0.25) is 0 Å². The quantitative estimate of drug-likeness (QED) is 0.884. The average molecular weight is 379 g/mol. The summed E-state index contributed by atoms with van der Waals surface area (Å²) in [6.07, 6.45) is 2.34. The van der Waals surface area contributed by atoms with Crippen LogP contribution >= 0.6 is 0 Å². The lowest BCUT2D eigenvalue weighted by Gasteiger charge is -2.32. The molecule has 2 aromatic rings. The zero-order chi connectivity index (χ0) is 19.3. The lowest BCUT2D eigenvalue weighted by Crippen LogP contribution is -2.47. The number of benzene rings is 2. The van der Waals surface area contributed by atoms with Crippen LogP contribution in [0.15, 0.2) is 42.5 Å². The van der Waals surface area contributed by atoms with Gasteiger partial charge in [0.05, 0.1) is 18.9 Å². The molecule has 0 aromatic heterocycles. The predicted molar refractivity (Wildman–Crippen MR) is 105 cm³/mol. The molecule has 1 atom stereocenters. The number of ether oxygens (including phenoxy) is 2. The van der Waals surface area contributed by atoms with Gasteiger partial charge in [0.15, 0.2) is 0 Å². The molecule has 1 amide bonds. The fraction of sp³-hybridized carbons (Fsp3) is 0.435. The highest BCUT2D eigenvalue weighted by molar-refractivity contribution is 6.06. The minimum Gasteiger partial charge on any atom is -0.384 e. The van der Waals surface area contributed by atoms with Crippen LogP contribution in [0.5, 0.6) is 0 Å². The number of carbonyl (C=O) groups is 1. The Bertz CT molecular complexity index is 915. The van der Waals surface area contributed by atoms with E-state index in [1.807, 2.05) is 54.3 Å². The van der Waals surface area contributed by atoms with E-state index in [1.165, 1.54) is 0 Å². The second-order valence-corrected chi connectivity index (χ2v) is 8.06. The highest BCUT2D eigenvalue weighted by Crippen LogP contribution is 2.48. The monoisotopic (exact) mass is 379 g/mol. The number of aliphatic hydroxyl groups excluding tert-OH is 1. The molecule has 146 valence electrons. The molecule has 5 nitrogen and oxygen atoms in total. The molecule has 0 unspecified atom stereocenters. The van der Waals surface area contributed by atoms with Crippen molar-refractivity contribution in [1.29, 1.82) is 0 Å². The number of amides is 1. The second-order valence-electron chi connectivity index (χ2n) is 8.06. The van der Waals surface area contributed by atoms with Gasteiger partial charge in [0, 0.05) is 12.1 Å². The van der Waals surface area contributed by atoms with Crippen molar-refractivity contribution >= 4 is 11.6 Å². The maximum absolute atomic E-state index is 13.3. The smallest absolute Gasteiger partial charge is 0.292 e. The van der Waals surface area contributed by atoms with Crippen molar-refractivity contribution in [1.82, 2.24) is 0 Å². The average Bonchev–Trinajstić information content (AvgIpc) is 3.52. The Morgan fingerprint density at radius 3 is 2.64 bits per heavy atom. The molecule has 1 spiro atoms. The number of anilines is 1. The molecule has 0 bridgehead atoms. The van der Waals surface area contributed by atoms with E-state index in [9.17, 15) is 9.90 Å². The van der Waals surface area contributed by atoms with Gasteiger partial charge in [0.1, 0.15) is 6.10 Å². The molecule has 2 aliphatic heterocycles. The van der Waals surface area contributed by atoms with E-state index < -0.39 is 11.9 Å². The summed E-state index contributed by atoms with van der Waals surface area (Å²) in [4.78, 5) is 15.1. The van der Waals surface area contributed by atoms with Gasteiger partial charge < -0.3 is 19.5 Å². The largest absolute Gasteiger partial charge is 0.384 e. The number of nitrogens with zero attached hydrogens (tertiary/aromatic N) is 1. The lowest BCUT2D eigenvalue weighted by atomic mass is 9.94. The molecule has 5 heteroatoms. The molecule has 2 fully saturated rings. The highest BCUT2D eigenvalue weighted by atomic mass is 16.7. The zero-order valence-corrected chi connectivity index (χ0v) is 16.1. The Morgan fingerprint density at radius 2 is 1.93 bits per heavy atom. The molecule has 2 aromatic carbocycles. The van der Waals surface area contributed by atoms with Gasteiger partial charge in [-0.3, -0.25) is 4.79 Å². The fourth-order valence-corrected chi connectivity index (χ4v) is 4.25. The molecule has 1 aliphatic carbocycles. The normalized spacial score (nSPS) is 21.8. The molecule has 5 rings (SSSR count). The summed E-state index contributed by atoms with van der Waals surface area (Å²) in [5.74, 6) is -0.923. The number of fused-ring (bicyclic) bond motifs is 2. The third-order valence-corrected chi connectivity index (χ3v) is 6.03. The predicted octanol–water partition coefficient (Wildman–Crippen LogP) is 3.42. The number of hydrogen-bond acceptors (Lipinski definition) is 4. The van der Waals surface area contributed by atoms with Gasteiger partial charge in [-0.1, -0.05) is 30.3 Å². The van der Waals surface area contributed by atoms with Crippen molar-refractivity contribution < 1.29 is 19.4 Å². The first-order chi connectivity index (χ1) is 13.6. The molecule has 1 saturated heterocycles. The third-order valence-electron chi connectivity index (χ3n) is 6.03. The highest BCUT2D eigenvalue weighted by Gasteiger charge is 2.55. The van der Waals surface area contributed by atoms with E-state index >= 15 is 0 Å². The second kappa shape index (κ2) is 6.69. The standard InChI is InChI=1S/C23H25NO4/c1-15-5-2-3-6-18(15)21(25)17-9-10-20-19(13-17)23(27-11-4-12-28-23)22(26)24(20)14-16-7-8-16/h2-3,5-6,9-10,13,16,21,25H,4,7-8,11-12,14H2,1H3/t21-/m1/s1. The first-order valence-corrected chi connectivity index (χ1v) is 10.1. The first kappa shape index (κ1) is 17.9. The van der Waals surface area contributed by atoms with E-state index in [0.29, 0.717) is 25.7 Å². The molecule has 2 heterocycles. The maximum Gasteiger partial charge on any atom is 0.292 e. The van der Waals surface area contributed by atoms with Crippen LogP contribution in [0.25, 0.3) is 0 Å². The van der Waals surface area contributed by atoms with Crippen LogP contribution in [-0.2, 0) is 20.1 Å². The van der Waals surface area contributed by atoms with E-state index in [0.717, 1.165) is 47.2 Å². The van der Waals surface area contributed by atoms with Gasteiger partial charge in [0.2, 0.25) is 0 Å².